The van der Waals surface area contributed by atoms with Gasteiger partial charge in [0.15, 0.2) is 0 Å². The Hall–Kier alpha value is -4.47. The first kappa shape index (κ1) is 30.2. The molecule has 5 nitrogen and oxygen atoms in total. The van der Waals surface area contributed by atoms with E-state index in [9.17, 15) is 5.11 Å². The second-order valence-corrected chi connectivity index (χ2v) is 12.6. The van der Waals surface area contributed by atoms with Crippen molar-refractivity contribution in [1.82, 2.24) is 14.5 Å². The number of hydrogen-bond donors (Lipinski definition) is 1. The molecule has 0 radical (unpaired) electrons. The molecule has 4 aromatic carbocycles. The van der Waals surface area contributed by atoms with Gasteiger partial charge in [0.1, 0.15) is 11.3 Å². The number of aromatic hydroxyl groups is 1. The van der Waals surface area contributed by atoms with E-state index in [0.29, 0.717) is 11.8 Å². The first-order valence-corrected chi connectivity index (χ1v) is 15.8. The van der Waals surface area contributed by atoms with Crippen LogP contribution >= 0.6 is 0 Å². The Morgan fingerprint density at radius 1 is 0.761 bits per heavy atom. The van der Waals surface area contributed by atoms with Crippen molar-refractivity contribution in [2.75, 3.05) is 0 Å². The third-order valence-corrected chi connectivity index (χ3v) is 9.12. The summed E-state index contributed by atoms with van der Waals surface area (Å²) in [5.41, 5.74) is 11.7. The van der Waals surface area contributed by atoms with Crippen molar-refractivity contribution < 1.29 is 30.6 Å². The van der Waals surface area contributed by atoms with E-state index in [-0.39, 0.29) is 26.8 Å². The van der Waals surface area contributed by atoms with Crippen LogP contribution in [0.15, 0.2) is 95.5 Å². The minimum absolute atomic E-state index is 0. The first-order chi connectivity index (χ1) is 21.9. The molecule has 8 rings (SSSR count). The standard InChI is InChI=1S/C40H34N3O2.Pt/c1-23(2)27-12-8-13-28(24(3)4)39(27)43-22-32(31-21-20-26-19-18-25-10-7-15-33(44)36(25)38(26)41-31)42-40(43)30-14-9-17-35-37(30)29-11-5-6-16-34(29)45-35;/h5-13,15-17,20-24,44H,18-19H2,1-4H3;/q-1;. The zero-order valence-corrected chi connectivity index (χ0v) is 28.5. The van der Waals surface area contributed by atoms with Crippen molar-refractivity contribution in [3.63, 3.8) is 0 Å². The minimum atomic E-state index is 0. The summed E-state index contributed by atoms with van der Waals surface area (Å²) in [5.74, 6) is 1.66. The van der Waals surface area contributed by atoms with E-state index in [0.717, 1.165) is 85.6 Å². The maximum absolute atomic E-state index is 10.9. The molecule has 0 atom stereocenters. The number of rotatable bonds is 5. The molecule has 1 aliphatic carbocycles. The summed E-state index contributed by atoms with van der Waals surface area (Å²) in [5, 5.41) is 12.9. The van der Waals surface area contributed by atoms with Gasteiger partial charge in [0.05, 0.1) is 28.5 Å². The third-order valence-electron chi connectivity index (χ3n) is 9.12. The Bertz CT molecular complexity index is 2230. The summed E-state index contributed by atoms with van der Waals surface area (Å²) in [6.07, 6.45) is 3.91. The zero-order chi connectivity index (χ0) is 30.8. The van der Waals surface area contributed by atoms with Crippen LogP contribution in [0.4, 0.5) is 0 Å². The molecule has 0 saturated carbocycles. The Morgan fingerprint density at radius 3 is 2.28 bits per heavy atom. The van der Waals surface area contributed by atoms with E-state index in [2.05, 4.69) is 87.0 Å². The van der Waals surface area contributed by atoms with Gasteiger partial charge in [-0.3, -0.25) is 4.98 Å². The molecule has 0 saturated heterocycles. The van der Waals surface area contributed by atoms with Crippen molar-refractivity contribution in [2.24, 2.45) is 0 Å². The van der Waals surface area contributed by atoms with Gasteiger partial charge in [0, 0.05) is 38.5 Å². The monoisotopic (exact) mass is 783 g/mol. The second kappa shape index (κ2) is 11.7. The van der Waals surface area contributed by atoms with Gasteiger partial charge in [-0.25, -0.2) is 4.98 Å². The number of imidazole rings is 1. The largest absolute Gasteiger partial charge is 0.507 e. The van der Waals surface area contributed by atoms with Crippen molar-refractivity contribution in [2.45, 2.75) is 52.4 Å². The number of phenolic OH excluding ortho intramolecular Hbond substituents is 1. The Balaban J connectivity index is 0.00000338. The van der Waals surface area contributed by atoms with Crippen LogP contribution in [0.25, 0.3) is 61.7 Å². The number of fused-ring (bicyclic) bond motifs is 6. The van der Waals surface area contributed by atoms with E-state index in [1.54, 1.807) is 6.07 Å². The molecule has 3 heterocycles. The van der Waals surface area contributed by atoms with E-state index >= 15 is 0 Å². The number of aromatic nitrogens is 3. The van der Waals surface area contributed by atoms with Crippen LogP contribution in [0.1, 0.15) is 61.8 Å². The van der Waals surface area contributed by atoms with Crippen LogP contribution in [0.5, 0.6) is 5.75 Å². The summed E-state index contributed by atoms with van der Waals surface area (Å²) < 4.78 is 8.54. The van der Waals surface area contributed by atoms with Gasteiger partial charge in [-0.05, 0) is 70.5 Å². The molecule has 0 amide bonds. The molecule has 3 aromatic heterocycles. The quantitative estimate of drug-likeness (QED) is 0.177. The van der Waals surface area contributed by atoms with Crippen LogP contribution in [-0.2, 0) is 33.9 Å². The fourth-order valence-corrected chi connectivity index (χ4v) is 6.92. The fourth-order valence-electron chi connectivity index (χ4n) is 6.92. The fraction of sp³-hybridized carbons (Fsp3) is 0.200. The zero-order valence-electron chi connectivity index (χ0n) is 26.2. The van der Waals surface area contributed by atoms with E-state index < -0.39 is 0 Å². The van der Waals surface area contributed by atoms with E-state index in [1.807, 2.05) is 36.4 Å². The summed E-state index contributed by atoms with van der Waals surface area (Å²) in [4.78, 5) is 10.5. The van der Waals surface area contributed by atoms with Crippen LogP contribution in [-0.4, -0.2) is 19.6 Å². The number of aryl methyl sites for hydroxylation is 2. The minimum Gasteiger partial charge on any atom is -0.507 e. The first-order valence-electron chi connectivity index (χ1n) is 15.8. The van der Waals surface area contributed by atoms with Gasteiger partial charge in [0.2, 0.25) is 0 Å². The van der Waals surface area contributed by atoms with Crippen LogP contribution in [0, 0.1) is 6.07 Å². The van der Waals surface area contributed by atoms with Gasteiger partial charge >= 0.3 is 0 Å². The number of hydrogen-bond acceptors (Lipinski definition) is 4. The van der Waals surface area contributed by atoms with Crippen molar-refractivity contribution >= 4 is 21.9 Å². The summed E-state index contributed by atoms with van der Waals surface area (Å²) in [7, 11) is 0. The molecule has 0 aliphatic heterocycles. The topological polar surface area (TPSA) is 64.1 Å². The summed E-state index contributed by atoms with van der Waals surface area (Å²) in [6, 6.07) is 32.2. The molecule has 6 heteroatoms. The van der Waals surface area contributed by atoms with Crippen LogP contribution < -0.4 is 0 Å². The summed E-state index contributed by atoms with van der Waals surface area (Å²) >= 11 is 0. The molecule has 0 bridgehead atoms. The molecule has 0 spiro atoms. The van der Waals surface area contributed by atoms with Gasteiger partial charge in [-0.2, -0.15) is 0 Å². The molecule has 0 unspecified atom stereocenters. The Labute approximate surface area is 283 Å². The molecule has 232 valence electrons. The van der Waals surface area contributed by atoms with Crippen molar-refractivity contribution in [3.05, 3.63) is 119 Å². The molecule has 1 N–H and O–H groups in total. The second-order valence-electron chi connectivity index (χ2n) is 12.6. The molecule has 1 aliphatic rings. The SMILES string of the molecule is CC(C)c1cccc(C(C)C)c1-n1cc(-c2ccc3c(n2)-c2c(O)cccc2CC3)nc1-c1[c-]ccc2oc3ccccc3c12.[Pt]. The number of benzene rings is 4. The third kappa shape index (κ3) is 4.80. The Morgan fingerprint density at radius 2 is 1.50 bits per heavy atom. The number of furan rings is 1. The van der Waals surface area contributed by atoms with Gasteiger partial charge in [-0.15, -0.1) is 12.1 Å². The van der Waals surface area contributed by atoms with Crippen LogP contribution in [0.2, 0.25) is 0 Å². The normalized spacial score (nSPS) is 12.5. The van der Waals surface area contributed by atoms with Gasteiger partial charge < -0.3 is 14.1 Å². The van der Waals surface area contributed by atoms with Gasteiger partial charge in [-0.1, -0.05) is 99.3 Å². The molecule has 0 fully saturated rings. The molecule has 7 aromatic rings. The van der Waals surface area contributed by atoms with Gasteiger partial charge in [0.25, 0.3) is 0 Å². The average molecular weight is 784 g/mol. The predicted molar refractivity (Wildman–Crippen MR) is 181 cm³/mol. The van der Waals surface area contributed by atoms with Crippen molar-refractivity contribution in [1.29, 1.82) is 0 Å². The number of para-hydroxylation sites is 2. The molecule has 46 heavy (non-hydrogen) atoms. The van der Waals surface area contributed by atoms with E-state index in [4.69, 9.17) is 14.4 Å². The van der Waals surface area contributed by atoms with Crippen molar-refractivity contribution in [3.8, 4) is 45.5 Å². The maximum atomic E-state index is 10.9. The predicted octanol–water partition coefficient (Wildman–Crippen LogP) is 10.0. The summed E-state index contributed by atoms with van der Waals surface area (Å²) in [6.45, 7) is 8.97. The number of nitrogens with zero attached hydrogens (tertiary/aromatic N) is 3. The molecular formula is C40H34N3O2Pt-. The van der Waals surface area contributed by atoms with Crippen LogP contribution in [0.3, 0.4) is 0 Å². The Kier molecular flexibility index (Phi) is 7.69. The smallest absolute Gasteiger partial charge is 0.125 e. The maximum Gasteiger partial charge on any atom is 0.125 e. The number of phenols is 1. The van der Waals surface area contributed by atoms with E-state index in [1.165, 1.54) is 11.1 Å². The molecular weight excluding hydrogens is 750 g/mol. The number of pyridine rings is 1. The average Bonchev–Trinajstić information content (AvgIpc) is 3.66.